The number of halogens is 2. The molecule has 3 heteroatoms. The molecule has 2 bridgehead atoms. The molecule has 0 spiro atoms. The second-order valence-electron chi connectivity index (χ2n) is 5.69. The van der Waals surface area contributed by atoms with Crippen molar-refractivity contribution in [2.24, 2.45) is 17.8 Å². The van der Waals surface area contributed by atoms with Crippen LogP contribution in [0.1, 0.15) is 42.5 Å². The molecule has 18 heavy (non-hydrogen) atoms. The smallest absolute Gasteiger partial charge is 0.164 e. The Hall–Kier alpha value is -0.530. The zero-order valence-electron chi connectivity index (χ0n) is 10.2. The summed E-state index contributed by atoms with van der Waals surface area (Å²) in [6.07, 6.45) is 5.92. The highest BCUT2D eigenvalue weighted by Crippen LogP contribution is 2.49. The molecule has 3 atom stereocenters. The first-order valence-electron chi connectivity index (χ1n) is 6.61. The third-order valence-corrected chi connectivity index (χ3v) is 5.11. The first-order chi connectivity index (χ1) is 8.63. The lowest BCUT2D eigenvalue weighted by Gasteiger charge is -2.20. The Balaban J connectivity index is 1.71. The van der Waals surface area contributed by atoms with Gasteiger partial charge in [0, 0.05) is 17.0 Å². The van der Waals surface area contributed by atoms with Crippen LogP contribution < -0.4 is 0 Å². The molecule has 1 aromatic carbocycles. The van der Waals surface area contributed by atoms with Gasteiger partial charge in [-0.3, -0.25) is 4.79 Å². The fourth-order valence-electron chi connectivity index (χ4n) is 3.69. The summed E-state index contributed by atoms with van der Waals surface area (Å²) < 4.78 is 0. The maximum atomic E-state index is 12.3. The van der Waals surface area contributed by atoms with E-state index in [2.05, 4.69) is 0 Å². The average Bonchev–Trinajstić information content (AvgIpc) is 2.90. The minimum Gasteiger partial charge on any atom is -0.294 e. The third-order valence-electron chi connectivity index (χ3n) is 4.56. The van der Waals surface area contributed by atoms with Gasteiger partial charge in [0.05, 0.1) is 5.02 Å². The first kappa shape index (κ1) is 12.5. The van der Waals surface area contributed by atoms with Crippen molar-refractivity contribution < 1.29 is 4.79 Å². The molecular formula is C15H16Cl2O. The minimum absolute atomic E-state index is 0.175. The summed E-state index contributed by atoms with van der Waals surface area (Å²) in [4.78, 5) is 12.3. The van der Waals surface area contributed by atoms with Gasteiger partial charge in [-0.15, -0.1) is 0 Å². The predicted molar refractivity (Wildman–Crippen MR) is 74.3 cm³/mol. The molecular weight excluding hydrogens is 267 g/mol. The molecule has 0 amide bonds. The number of hydrogen-bond donors (Lipinski definition) is 0. The van der Waals surface area contributed by atoms with Crippen molar-refractivity contribution in [2.45, 2.75) is 32.1 Å². The second kappa shape index (κ2) is 4.86. The lowest BCUT2D eigenvalue weighted by atomic mass is 9.84. The van der Waals surface area contributed by atoms with Gasteiger partial charge in [0.25, 0.3) is 0 Å². The van der Waals surface area contributed by atoms with Gasteiger partial charge in [-0.25, -0.2) is 0 Å². The van der Waals surface area contributed by atoms with Gasteiger partial charge in [-0.05, 0) is 55.2 Å². The van der Waals surface area contributed by atoms with E-state index in [1.807, 2.05) is 0 Å². The van der Waals surface area contributed by atoms with Crippen LogP contribution >= 0.6 is 23.2 Å². The zero-order chi connectivity index (χ0) is 12.7. The van der Waals surface area contributed by atoms with Crippen molar-refractivity contribution in [3.63, 3.8) is 0 Å². The molecule has 2 aliphatic rings. The quantitative estimate of drug-likeness (QED) is 0.713. The van der Waals surface area contributed by atoms with E-state index >= 15 is 0 Å². The Kier molecular flexibility index (Phi) is 3.38. The van der Waals surface area contributed by atoms with Crippen LogP contribution in [0.15, 0.2) is 18.2 Å². The molecule has 0 radical (unpaired) electrons. The van der Waals surface area contributed by atoms with Crippen molar-refractivity contribution >= 4 is 29.0 Å². The largest absolute Gasteiger partial charge is 0.294 e. The van der Waals surface area contributed by atoms with E-state index in [-0.39, 0.29) is 5.78 Å². The van der Waals surface area contributed by atoms with E-state index in [9.17, 15) is 4.79 Å². The van der Waals surface area contributed by atoms with Gasteiger partial charge >= 0.3 is 0 Å². The van der Waals surface area contributed by atoms with Crippen molar-refractivity contribution in [1.82, 2.24) is 0 Å². The van der Waals surface area contributed by atoms with Gasteiger partial charge in [-0.2, -0.15) is 0 Å². The highest BCUT2D eigenvalue weighted by Gasteiger charge is 2.40. The Labute approximate surface area is 117 Å². The maximum absolute atomic E-state index is 12.3. The van der Waals surface area contributed by atoms with Crippen LogP contribution in [0.2, 0.25) is 10.0 Å². The van der Waals surface area contributed by atoms with Crippen molar-refractivity contribution in [3.8, 4) is 0 Å². The highest BCUT2D eigenvalue weighted by molar-refractivity contribution is 6.36. The maximum Gasteiger partial charge on any atom is 0.164 e. The van der Waals surface area contributed by atoms with Crippen LogP contribution in [-0.2, 0) is 0 Å². The number of carbonyl (C=O) groups is 1. The summed E-state index contributed by atoms with van der Waals surface area (Å²) in [6.45, 7) is 0. The molecule has 0 heterocycles. The first-order valence-corrected chi connectivity index (χ1v) is 7.37. The summed E-state index contributed by atoms with van der Waals surface area (Å²) in [6, 6.07) is 5.14. The van der Waals surface area contributed by atoms with Crippen molar-refractivity contribution in [2.75, 3.05) is 0 Å². The molecule has 0 aromatic heterocycles. The predicted octanol–water partition coefficient (Wildman–Crippen LogP) is 5.00. The molecule has 0 aliphatic heterocycles. The van der Waals surface area contributed by atoms with E-state index in [4.69, 9.17) is 23.2 Å². The molecule has 0 saturated heterocycles. The van der Waals surface area contributed by atoms with Crippen molar-refractivity contribution in [1.29, 1.82) is 0 Å². The van der Waals surface area contributed by atoms with Crippen LogP contribution in [0.25, 0.3) is 0 Å². The molecule has 2 aliphatic carbocycles. The van der Waals surface area contributed by atoms with Crippen LogP contribution in [-0.4, -0.2) is 5.78 Å². The number of rotatable bonds is 3. The van der Waals surface area contributed by atoms with Crippen LogP contribution in [0.5, 0.6) is 0 Å². The van der Waals surface area contributed by atoms with Crippen molar-refractivity contribution in [3.05, 3.63) is 33.8 Å². The minimum atomic E-state index is 0.175. The SMILES string of the molecule is O=C(CC1CC2CCC1C2)c1ccc(Cl)cc1Cl. The molecule has 3 rings (SSSR count). The average molecular weight is 283 g/mol. The summed E-state index contributed by atoms with van der Waals surface area (Å²) >= 11 is 11.9. The van der Waals surface area contributed by atoms with Crippen LogP contribution in [0.4, 0.5) is 0 Å². The number of carbonyl (C=O) groups excluding carboxylic acids is 1. The summed E-state index contributed by atoms with van der Waals surface area (Å²) in [5.41, 5.74) is 0.629. The zero-order valence-corrected chi connectivity index (χ0v) is 11.7. The fraction of sp³-hybridized carbons (Fsp3) is 0.533. The van der Waals surface area contributed by atoms with E-state index in [0.29, 0.717) is 27.9 Å². The summed E-state index contributed by atoms with van der Waals surface area (Å²) in [5, 5.41) is 1.06. The normalized spacial score (nSPS) is 29.8. The Morgan fingerprint density at radius 1 is 1.22 bits per heavy atom. The van der Waals surface area contributed by atoms with Crippen LogP contribution in [0, 0.1) is 17.8 Å². The molecule has 96 valence electrons. The van der Waals surface area contributed by atoms with E-state index in [1.54, 1.807) is 18.2 Å². The molecule has 2 saturated carbocycles. The molecule has 0 N–H and O–H groups in total. The van der Waals surface area contributed by atoms with E-state index in [0.717, 1.165) is 11.8 Å². The number of Topliss-reactive ketones (excluding diaryl/α,β-unsaturated/α-hetero) is 1. The van der Waals surface area contributed by atoms with E-state index in [1.165, 1.54) is 25.7 Å². The number of hydrogen-bond acceptors (Lipinski definition) is 1. The van der Waals surface area contributed by atoms with Gasteiger partial charge in [0.15, 0.2) is 5.78 Å². The van der Waals surface area contributed by atoms with Gasteiger partial charge in [-0.1, -0.05) is 29.6 Å². The monoisotopic (exact) mass is 282 g/mol. The lowest BCUT2D eigenvalue weighted by Crippen LogP contribution is -2.15. The molecule has 3 unspecified atom stereocenters. The Bertz CT molecular complexity index is 483. The fourth-order valence-corrected chi connectivity index (χ4v) is 4.20. The summed E-state index contributed by atoms with van der Waals surface area (Å²) in [5.74, 6) is 2.43. The second-order valence-corrected chi connectivity index (χ2v) is 6.53. The van der Waals surface area contributed by atoms with Gasteiger partial charge in [0.2, 0.25) is 0 Å². The third kappa shape index (κ3) is 2.31. The number of fused-ring (bicyclic) bond motifs is 2. The molecule has 2 fully saturated rings. The van der Waals surface area contributed by atoms with E-state index < -0.39 is 0 Å². The Morgan fingerprint density at radius 3 is 2.67 bits per heavy atom. The molecule has 1 aromatic rings. The standard InChI is InChI=1S/C15H16Cl2O/c16-12-3-4-13(14(17)8-12)15(18)7-11-6-9-1-2-10(11)5-9/h3-4,8-11H,1-2,5-7H2. The molecule has 1 nitrogen and oxygen atoms in total. The van der Waals surface area contributed by atoms with Gasteiger partial charge in [0.1, 0.15) is 0 Å². The van der Waals surface area contributed by atoms with Gasteiger partial charge < -0.3 is 0 Å². The lowest BCUT2D eigenvalue weighted by molar-refractivity contribution is 0.0944. The van der Waals surface area contributed by atoms with Crippen LogP contribution in [0.3, 0.4) is 0 Å². The number of ketones is 1. The highest BCUT2D eigenvalue weighted by atomic mass is 35.5. The number of benzene rings is 1. The Morgan fingerprint density at radius 2 is 2.06 bits per heavy atom. The summed E-state index contributed by atoms with van der Waals surface area (Å²) in [7, 11) is 0. The topological polar surface area (TPSA) is 17.1 Å².